The Morgan fingerprint density at radius 3 is 2.25 bits per heavy atom. The molecule has 0 aliphatic carbocycles. The van der Waals surface area contributed by atoms with Gasteiger partial charge in [0.05, 0.1) is 7.11 Å². The van der Waals surface area contributed by atoms with Crippen LogP contribution in [0.4, 0.5) is 0 Å². The van der Waals surface area contributed by atoms with E-state index in [0.717, 1.165) is 24.4 Å². The highest BCUT2D eigenvalue weighted by molar-refractivity contribution is 5.27. The summed E-state index contributed by atoms with van der Waals surface area (Å²) in [7, 11) is 1.67. The molecule has 0 heterocycles. The Morgan fingerprint density at radius 1 is 1.25 bits per heavy atom. The molecule has 0 aliphatic heterocycles. The monoisotopic (exact) mass is 221 g/mol. The number of rotatable bonds is 5. The topological polar surface area (TPSA) is 21.3 Å². The largest absolute Gasteiger partial charge is 0.497 e. The molecule has 1 aromatic rings. The zero-order valence-electron chi connectivity index (χ0n) is 10.8. The van der Waals surface area contributed by atoms with Crippen LogP contribution in [0.3, 0.4) is 0 Å². The zero-order chi connectivity index (χ0) is 12.4. The third-order valence-corrected chi connectivity index (χ3v) is 1.91. The second-order valence-corrected chi connectivity index (χ2v) is 3.41. The predicted molar refractivity (Wildman–Crippen MR) is 70.9 cm³/mol. The third-order valence-electron chi connectivity index (χ3n) is 1.91. The molecule has 0 aliphatic rings. The molecule has 0 spiro atoms. The first-order chi connectivity index (χ1) is 7.72. The van der Waals surface area contributed by atoms with E-state index in [1.165, 1.54) is 5.56 Å². The van der Waals surface area contributed by atoms with Gasteiger partial charge < -0.3 is 10.1 Å². The summed E-state index contributed by atoms with van der Waals surface area (Å²) in [4.78, 5) is 0. The molecule has 0 fully saturated rings. The average Bonchev–Trinajstić information content (AvgIpc) is 2.32. The van der Waals surface area contributed by atoms with E-state index in [1.54, 1.807) is 7.11 Å². The first-order valence-electron chi connectivity index (χ1n) is 5.70. The Labute approximate surface area is 99.3 Å². The summed E-state index contributed by atoms with van der Waals surface area (Å²) in [5.74, 6) is 0.897. The van der Waals surface area contributed by atoms with Crippen LogP contribution in [0.2, 0.25) is 0 Å². The fraction of sp³-hybridized carbons (Fsp3) is 0.429. The maximum atomic E-state index is 5.08. The molecule has 1 rings (SSSR count). The lowest BCUT2D eigenvalue weighted by Crippen LogP contribution is -2.14. The van der Waals surface area contributed by atoms with E-state index in [9.17, 15) is 0 Å². The highest BCUT2D eigenvalue weighted by atomic mass is 16.5. The van der Waals surface area contributed by atoms with Gasteiger partial charge in [0, 0.05) is 13.1 Å². The van der Waals surface area contributed by atoms with E-state index in [4.69, 9.17) is 4.74 Å². The van der Waals surface area contributed by atoms with Crippen molar-refractivity contribution in [1.29, 1.82) is 0 Å². The maximum absolute atomic E-state index is 5.08. The number of nitrogens with one attached hydrogen (secondary N) is 1. The van der Waals surface area contributed by atoms with Crippen molar-refractivity contribution in [2.24, 2.45) is 0 Å². The van der Waals surface area contributed by atoms with Gasteiger partial charge >= 0.3 is 0 Å². The van der Waals surface area contributed by atoms with Crippen LogP contribution in [0.25, 0.3) is 0 Å². The fourth-order valence-electron chi connectivity index (χ4n) is 1.16. The predicted octanol–water partition coefficient (Wildman–Crippen LogP) is 3.39. The maximum Gasteiger partial charge on any atom is 0.118 e. The van der Waals surface area contributed by atoms with Crippen molar-refractivity contribution in [3.8, 4) is 5.75 Å². The summed E-state index contributed by atoms with van der Waals surface area (Å²) in [6, 6.07) is 8.06. The Bertz CT molecular complexity index is 290. The Hall–Kier alpha value is -1.28. The summed E-state index contributed by atoms with van der Waals surface area (Å²) >= 11 is 0. The van der Waals surface area contributed by atoms with Crippen molar-refractivity contribution in [1.82, 2.24) is 5.32 Å². The van der Waals surface area contributed by atoms with Crippen molar-refractivity contribution >= 4 is 0 Å². The minimum Gasteiger partial charge on any atom is -0.497 e. The number of ether oxygens (including phenoxy) is 1. The summed E-state index contributed by atoms with van der Waals surface area (Å²) in [6.07, 6.45) is 0. The highest BCUT2D eigenvalue weighted by Gasteiger charge is 1.93. The first-order valence-corrected chi connectivity index (χ1v) is 5.70. The SMILES string of the molecule is C=C(C)CNCc1ccc(OC)cc1.CC. The first kappa shape index (κ1) is 14.7. The zero-order valence-corrected chi connectivity index (χ0v) is 10.8. The van der Waals surface area contributed by atoms with Gasteiger partial charge in [0.1, 0.15) is 5.75 Å². The van der Waals surface area contributed by atoms with Gasteiger partial charge in [-0.15, -0.1) is 0 Å². The molecule has 0 saturated carbocycles. The second kappa shape index (κ2) is 8.98. The molecule has 0 aromatic heterocycles. The van der Waals surface area contributed by atoms with Crippen LogP contribution in [-0.2, 0) is 6.54 Å². The van der Waals surface area contributed by atoms with Crippen LogP contribution in [0.15, 0.2) is 36.4 Å². The lowest BCUT2D eigenvalue weighted by molar-refractivity contribution is 0.414. The lowest BCUT2D eigenvalue weighted by Gasteiger charge is -2.05. The minimum atomic E-state index is 0.867. The van der Waals surface area contributed by atoms with E-state index in [1.807, 2.05) is 32.9 Å². The number of benzene rings is 1. The van der Waals surface area contributed by atoms with E-state index < -0.39 is 0 Å². The number of methoxy groups -OCH3 is 1. The van der Waals surface area contributed by atoms with Crippen molar-refractivity contribution in [2.45, 2.75) is 27.3 Å². The Balaban J connectivity index is 0.00000106. The molecule has 0 unspecified atom stereocenters. The normalized spacial score (nSPS) is 9.00. The van der Waals surface area contributed by atoms with Crippen LogP contribution >= 0.6 is 0 Å². The molecule has 1 aromatic carbocycles. The van der Waals surface area contributed by atoms with Crippen LogP contribution in [0.1, 0.15) is 26.3 Å². The van der Waals surface area contributed by atoms with Crippen LogP contribution in [-0.4, -0.2) is 13.7 Å². The van der Waals surface area contributed by atoms with Crippen LogP contribution < -0.4 is 10.1 Å². The molecule has 1 N–H and O–H groups in total. The smallest absolute Gasteiger partial charge is 0.118 e. The highest BCUT2D eigenvalue weighted by Crippen LogP contribution is 2.10. The van der Waals surface area contributed by atoms with Crippen LogP contribution in [0.5, 0.6) is 5.75 Å². The van der Waals surface area contributed by atoms with Gasteiger partial charge in [-0.2, -0.15) is 0 Å². The molecule has 0 radical (unpaired) electrons. The molecule has 0 bridgehead atoms. The minimum absolute atomic E-state index is 0.867. The molecule has 0 atom stereocenters. The van der Waals surface area contributed by atoms with Gasteiger partial charge in [0.25, 0.3) is 0 Å². The molecule has 0 saturated heterocycles. The van der Waals surface area contributed by atoms with Gasteiger partial charge in [0.2, 0.25) is 0 Å². The van der Waals surface area contributed by atoms with Gasteiger partial charge in [-0.1, -0.05) is 38.1 Å². The number of hydrogen-bond acceptors (Lipinski definition) is 2. The molecule has 2 heteroatoms. The summed E-state index contributed by atoms with van der Waals surface area (Å²) in [5, 5.41) is 3.30. The summed E-state index contributed by atoms with van der Waals surface area (Å²) in [6.45, 7) is 11.6. The van der Waals surface area contributed by atoms with E-state index in [-0.39, 0.29) is 0 Å². The number of hydrogen-bond donors (Lipinski definition) is 1. The third kappa shape index (κ3) is 6.25. The fourth-order valence-corrected chi connectivity index (χ4v) is 1.16. The van der Waals surface area contributed by atoms with Gasteiger partial charge in [-0.05, 0) is 24.6 Å². The van der Waals surface area contributed by atoms with E-state index in [2.05, 4.69) is 24.0 Å². The molecule has 90 valence electrons. The summed E-state index contributed by atoms with van der Waals surface area (Å²) < 4.78 is 5.08. The average molecular weight is 221 g/mol. The van der Waals surface area contributed by atoms with Gasteiger partial charge in [-0.3, -0.25) is 0 Å². The van der Waals surface area contributed by atoms with E-state index in [0.29, 0.717) is 0 Å². The van der Waals surface area contributed by atoms with E-state index >= 15 is 0 Å². The van der Waals surface area contributed by atoms with Crippen LogP contribution in [0, 0.1) is 0 Å². The van der Waals surface area contributed by atoms with Gasteiger partial charge in [0.15, 0.2) is 0 Å². The van der Waals surface area contributed by atoms with Crippen molar-refractivity contribution in [2.75, 3.05) is 13.7 Å². The van der Waals surface area contributed by atoms with Crippen molar-refractivity contribution < 1.29 is 4.74 Å². The standard InChI is InChI=1S/C12H17NO.C2H6/c1-10(2)8-13-9-11-4-6-12(14-3)7-5-11;1-2/h4-7,13H,1,8-9H2,2-3H3;1-2H3. The molecule has 2 nitrogen and oxygen atoms in total. The summed E-state index contributed by atoms with van der Waals surface area (Å²) in [5.41, 5.74) is 2.41. The molecular weight excluding hydrogens is 198 g/mol. The van der Waals surface area contributed by atoms with Crippen molar-refractivity contribution in [3.05, 3.63) is 42.0 Å². The lowest BCUT2D eigenvalue weighted by atomic mass is 10.2. The molecular formula is C14H23NO. The van der Waals surface area contributed by atoms with Gasteiger partial charge in [-0.25, -0.2) is 0 Å². The van der Waals surface area contributed by atoms with Crippen molar-refractivity contribution in [3.63, 3.8) is 0 Å². The molecule has 16 heavy (non-hydrogen) atoms. The molecule has 0 amide bonds. The second-order valence-electron chi connectivity index (χ2n) is 3.41. The quantitative estimate of drug-likeness (QED) is 0.770. The Kier molecular flexibility index (Phi) is 8.26. The Morgan fingerprint density at radius 2 is 1.81 bits per heavy atom.